The smallest absolute Gasteiger partial charge is 0.131 e. The van der Waals surface area contributed by atoms with Gasteiger partial charge in [-0.25, -0.2) is 0 Å². The van der Waals surface area contributed by atoms with Gasteiger partial charge < -0.3 is 15.2 Å². The molecular formula is C21H26N2O2. The summed E-state index contributed by atoms with van der Waals surface area (Å²) in [5.74, 6) is 2.92. The van der Waals surface area contributed by atoms with Crippen molar-refractivity contribution in [3.8, 4) is 22.6 Å². The van der Waals surface area contributed by atoms with Crippen molar-refractivity contribution < 1.29 is 9.47 Å². The van der Waals surface area contributed by atoms with Gasteiger partial charge in [0.1, 0.15) is 24.2 Å². The second-order valence-corrected chi connectivity index (χ2v) is 7.70. The number of fused-ring (bicyclic) bond motifs is 3. The molecule has 1 aliphatic heterocycles. The quantitative estimate of drug-likeness (QED) is 0.851. The Morgan fingerprint density at radius 2 is 2.08 bits per heavy atom. The molecule has 2 N–H and O–H groups in total. The number of nitrogens with two attached hydrogens (primary N) is 1. The minimum atomic E-state index is 0.0583. The average Bonchev–Trinajstić information content (AvgIpc) is 3.43. The lowest BCUT2D eigenvalue weighted by atomic mass is 9.92. The number of rotatable bonds is 6. The van der Waals surface area contributed by atoms with E-state index < -0.39 is 0 Å². The maximum absolute atomic E-state index is 6.34. The molecule has 2 aliphatic rings. The van der Waals surface area contributed by atoms with Gasteiger partial charge in [-0.1, -0.05) is 13.8 Å². The molecule has 4 heteroatoms. The highest BCUT2D eigenvalue weighted by Crippen LogP contribution is 2.51. The summed E-state index contributed by atoms with van der Waals surface area (Å²) < 4.78 is 12.3. The molecule has 1 unspecified atom stereocenters. The predicted molar refractivity (Wildman–Crippen MR) is 98.7 cm³/mol. The Morgan fingerprint density at radius 3 is 2.84 bits per heavy atom. The van der Waals surface area contributed by atoms with Gasteiger partial charge in [0, 0.05) is 41.5 Å². The summed E-state index contributed by atoms with van der Waals surface area (Å²) >= 11 is 0. The molecule has 4 rings (SSSR count). The number of hydrogen-bond acceptors (Lipinski definition) is 4. The summed E-state index contributed by atoms with van der Waals surface area (Å²) in [6.45, 7) is 4.89. The highest BCUT2D eigenvalue weighted by Gasteiger charge is 2.38. The first-order valence-corrected chi connectivity index (χ1v) is 9.25. The van der Waals surface area contributed by atoms with Gasteiger partial charge in [0.05, 0.1) is 0 Å². The van der Waals surface area contributed by atoms with Gasteiger partial charge >= 0.3 is 0 Å². The Hall–Kier alpha value is -2.07. The molecule has 0 amide bonds. The third kappa shape index (κ3) is 3.49. The number of aromatic nitrogens is 1. The van der Waals surface area contributed by atoms with Crippen LogP contribution in [-0.4, -0.2) is 17.6 Å². The van der Waals surface area contributed by atoms with Crippen LogP contribution in [0.15, 0.2) is 36.7 Å². The molecule has 0 radical (unpaired) electrons. The maximum Gasteiger partial charge on any atom is 0.131 e. The van der Waals surface area contributed by atoms with Crippen molar-refractivity contribution in [3.05, 3.63) is 42.2 Å². The van der Waals surface area contributed by atoms with E-state index in [9.17, 15) is 0 Å². The minimum absolute atomic E-state index is 0.0583. The highest BCUT2D eigenvalue weighted by molar-refractivity contribution is 5.76. The molecule has 0 spiro atoms. The van der Waals surface area contributed by atoms with Gasteiger partial charge in [0.25, 0.3) is 0 Å². The van der Waals surface area contributed by atoms with Crippen molar-refractivity contribution in [1.29, 1.82) is 0 Å². The van der Waals surface area contributed by atoms with Gasteiger partial charge in [-0.15, -0.1) is 0 Å². The zero-order chi connectivity index (χ0) is 17.4. The van der Waals surface area contributed by atoms with Crippen LogP contribution in [-0.2, 0) is 0 Å². The molecule has 2 heterocycles. The zero-order valence-electron chi connectivity index (χ0n) is 14.9. The molecule has 2 atom stereocenters. The number of nitrogens with zero attached hydrogens (tertiary/aromatic N) is 1. The first-order chi connectivity index (χ1) is 12.1. The van der Waals surface area contributed by atoms with E-state index in [1.165, 1.54) is 24.0 Å². The number of benzene rings is 1. The van der Waals surface area contributed by atoms with Gasteiger partial charge in [0.15, 0.2) is 0 Å². The summed E-state index contributed by atoms with van der Waals surface area (Å²) in [5.41, 5.74) is 9.69. The molecule has 25 heavy (non-hydrogen) atoms. The maximum atomic E-state index is 6.34. The minimum Gasteiger partial charge on any atom is -0.492 e. The van der Waals surface area contributed by atoms with Crippen molar-refractivity contribution in [2.75, 3.05) is 6.61 Å². The number of ether oxygens (including phenoxy) is 2. The molecule has 1 aliphatic carbocycles. The molecular weight excluding hydrogens is 312 g/mol. The molecule has 1 fully saturated rings. The molecule has 1 aromatic carbocycles. The van der Waals surface area contributed by atoms with Crippen molar-refractivity contribution in [2.24, 2.45) is 17.6 Å². The van der Waals surface area contributed by atoms with E-state index in [1.54, 1.807) is 0 Å². The van der Waals surface area contributed by atoms with Gasteiger partial charge in [0.2, 0.25) is 0 Å². The van der Waals surface area contributed by atoms with Crippen LogP contribution >= 0.6 is 0 Å². The Balaban J connectivity index is 1.56. The Labute approximate surface area is 149 Å². The van der Waals surface area contributed by atoms with E-state index in [2.05, 4.69) is 31.0 Å². The molecule has 2 aromatic rings. The lowest BCUT2D eigenvalue weighted by Gasteiger charge is -2.29. The summed E-state index contributed by atoms with van der Waals surface area (Å²) in [6, 6.07) is 8.25. The third-order valence-corrected chi connectivity index (χ3v) is 4.94. The van der Waals surface area contributed by atoms with E-state index >= 15 is 0 Å². The van der Waals surface area contributed by atoms with Crippen LogP contribution in [0, 0.1) is 11.8 Å². The van der Waals surface area contributed by atoms with E-state index in [0.29, 0.717) is 18.4 Å². The van der Waals surface area contributed by atoms with Crippen molar-refractivity contribution in [1.82, 2.24) is 4.98 Å². The predicted octanol–water partition coefficient (Wildman–Crippen LogP) is 4.34. The van der Waals surface area contributed by atoms with Crippen LogP contribution in [0.5, 0.6) is 11.5 Å². The molecule has 132 valence electrons. The highest BCUT2D eigenvalue weighted by atomic mass is 16.5. The van der Waals surface area contributed by atoms with Crippen molar-refractivity contribution >= 4 is 0 Å². The zero-order valence-corrected chi connectivity index (χ0v) is 14.9. The molecule has 0 bridgehead atoms. The lowest BCUT2D eigenvalue weighted by Crippen LogP contribution is -2.29. The SMILES string of the molecule is CC(C)C[C@H](N)COc1ccc2c(c1)OC(C1CC1)c1cnccc1-2. The summed E-state index contributed by atoms with van der Waals surface area (Å²) in [4.78, 5) is 4.30. The second kappa shape index (κ2) is 6.68. The van der Waals surface area contributed by atoms with Gasteiger partial charge in [-0.2, -0.15) is 0 Å². The van der Waals surface area contributed by atoms with Crippen molar-refractivity contribution in [2.45, 2.75) is 45.3 Å². The lowest BCUT2D eigenvalue weighted by molar-refractivity contribution is 0.176. The Bertz CT molecular complexity index is 755. The van der Waals surface area contributed by atoms with E-state index in [0.717, 1.165) is 23.5 Å². The van der Waals surface area contributed by atoms with Crippen LogP contribution in [0.1, 0.15) is 44.8 Å². The molecule has 4 nitrogen and oxygen atoms in total. The van der Waals surface area contributed by atoms with Crippen LogP contribution in [0.25, 0.3) is 11.1 Å². The van der Waals surface area contributed by atoms with Crippen LogP contribution in [0.4, 0.5) is 0 Å². The van der Waals surface area contributed by atoms with Crippen LogP contribution in [0.2, 0.25) is 0 Å². The summed E-state index contributed by atoms with van der Waals surface area (Å²) in [7, 11) is 0. The number of pyridine rings is 1. The van der Waals surface area contributed by atoms with Crippen LogP contribution in [0.3, 0.4) is 0 Å². The molecule has 1 saturated carbocycles. The van der Waals surface area contributed by atoms with E-state index in [-0.39, 0.29) is 12.1 Å². The standard InChI is InChI=1S/C21H26N2O2/c1-13(2)9-15(22)12-24-16-5-6-18-17-7-8-23-11-19(17)21(14-3-4-14)25-20(18)10-16/h5-8,10-11,13-15,21H,3-4,9,12,22H2,1-2H3/t15-,21?/m0/s1. The van der Waals surface area contributed by atoms with Crippen LogP contribution < -0.4 is 15.2 Å². The number of hydrogen-bond donors (Lipinski definition) is 1. The fraction of sp³-hybridized carbons (Fsp3) is 0.476. The van der Waals surface area contributed by atoms with E-state index in [1.807, 2.05) is 24.5 Å². The average molecular weight is 338 g/mol. The topological polar surface area (TPSA) is 57.4 Å². The molecule has 1 aromatic heterocycles. The fourth-order valence-corrected chi connectivity index (χ4v) is 3.62. The van der Waals surface area contributed by atoms with Crippen molar-refractivity contribution in [3.63, 3.8) is 0 Å². The first kappa shape index (κ1) is 16.4. The van der Waals surface area contributed by atoms with E-state index in [4.69, 9.17) is 15.2 Å². The third-order valence-electron chi connectivity index (χ3n) is 4.94. The van der Waals surface area contributed by atoms with Gasteiger partial charge in [-0.3, -0.25) is 4.98 Å². The summed E-state index contributed by atoms with van der Waals surface area (Å²) in [6.07, 6.45) is 7.35. The monoisotopic (exact) mass is 338 g/mol. The van der Waals surface area contributed by atoms with Gasteiger partial charge in [-0.05, 0) is 48.9 Å². The Kier molecular flexibility index (Phi) is 4.38. The fourth-order valence-electron chi connectivity index (χ4n) is 3.62. The second-order valence-electron chi connectivity index (χ2n) is 7.70. The normalized spacial score (nSPS) is 19.8. The largest absolute Gasteiger partial charge is 0.492 e. The molecule has 0 saturated heterocycles. The Morgan fingerprint density at radius 1 is 1.24 bits per heavy atom. The summed E-state index contributed by atoms with van der Waals surface area (Å²) in [5, 5.41) is 0. The first-order valence-electron chi connectivity index (χ1n) is 9.25.